The summed E-state index contributed by atoms with van der Waals surface area (Å²) in [5.41, 5.74) is 1.71. The quantitative estimate of drug-likeness (QED) is 0.377. The van der Waals surface area contributed by atoms with Crippen LogP contribution in [0.4, 0.5) is 0 Å². The lowest BCUT2D eigenvalue weighted by Gasteiger charge is -2.31. The van der Waals surface area contributed by atoms with Gasteiger partial charge in [-0.3, -0.25) is 9.59 Å². The van der Waals surface area contributed by atoms with E-state index in [-0.39, 0.29) is 25.0 Å². The Labute approximate surface area is 210 Å². The maximum atomic E-state index is 13.5. The van der Waals surface area contributed by atoms with Crippen LogP contribution in [0.2, 0.25) is 10.0 Å². The summed E-state index contributed by atoms with van der Waals surface area (Å²) in [6, 6.07) is 23.0. The third kappa shape index (κ3) is 7.51. The molecule has 3 aromatic carbocycles. The van der Waals surface area contributed by atoms with E-state index >= 15 is 0 Å². The molecule has 34 heavy (non-hydrogen) atoms. The molecule has 3 aromatic rings. The van der Waals surface area contributed by atoms with Gasteiger partial charge in [0.15, 0.2) is 6.61 Å². The standard InChI is InChI=1S/C27H28Cl2N2O3/c1-2-16-30-27(33)25(17-20-8-4-3-5-9-20)31(18-21-10-6-7-11-24(21)29)26(32)19-34-23-14-12-22(28)13-15-23/h3-15,25H,2,16-19H2,1H3,(H,30,33)/t25-/m0/s1. The first-order valence-corrected chi connectivity index (χ1v) is 12.0. The van der Waals surface area contributed by atoms with Crippen molar-refractivity contribution in [3.63, 3.8) is 0 Å². The Morgan fingerprint density at radius 2 is 1.62 bits per heavy atom. The topological polar surface area (TPSA) is 58.6 Å². The summed E-state index contributed by atoms with van der Waals surface area (Å²) in [7, 11) is 0. The number of rotatable bonds is 11. The van der Waals surface area contributed by atoms with Crippen LogP contribution < -0.4 is 10.1 Å². The van der Waals surface area contributed by atoms with Crippen molar-refractivity contribution in [3.05, 3.63) is 100 Å². The lowest BCUT2D eigenvalue weighted by molar-refractivity contribution is -0.142. The molecule has 5 nitrogen and oxygen atoms in total. The van der Waals surface area contributed by atoms with Gasteiger partial charge in [0.25, 0.3) is 5.91 Å². The molecule has 1 N–H and O–H groups in total. The van der Waals surface area contributed by atoms with Gasteiger partial charge in [-0.05, 0) is 47.9 Å². The second-order valence-corrected chi connectivity index (χ2v) is 8.70. The van der Waals surface area contributed by atoms with Crippen LogP contribution in [0, 0.1) is 0 Å². The van der Waals surface area contributed by atoms with Gasteiger partial charge in [-0.15, -0.1) is 0 Å². The smallest absolute Gasteiger partial charge is 0.261 e. The minimum Gasteiger partial charge on any atom is -0.484 e. The fourth-order valence-electron chi connectivity index (χ4n) is 3.49. The lowest BCUT2D eigenvalue weighted by Crippen LogP contribution is -2.51. The molecule has 0 aliphatic carbocycles. The number of halogens is 2. The molecule has 0 aliphatic heterocycles. The van der Waals surface area contributed by atoms with E-state index in [4.69, 9.17) is 27.9 Å². The molecule has 0 saturated carbocycles. The largest absolute Gasteiger partial charge is 0.484 e. The summed E-state index contributed by atoms with van der Waals surface area (Å²) in [6.07, 6.45) is 1.16. The molecule has 3 rings (SSSR count). The molecule has 0 radical (unpaired) electrons. The summed E-state index contributed by atoms with van der Waals surface area (Å²) >= 11 is 12.3. The molecule has 2 amide bonds. The second-order valence-electron chi connectivity index (χ2n) is 7.85. The molecule has 1 atom stereocenters. The van der Waals surface area contributed by atoms with Crippen molar-refractivity contribution in [1.82, 2.24) is 10.2 Å². The molecular weight excluding hydrogens is 471 g/mol. The third-order valence-corrected chi connectivity index (χ3v) is 5.92. The molecule has 0 bridgehead atoms. The van der Waals surface area contributed by atoms with Crippen molar-refractivity contribution in [2.24, 2.45) is 0 Å². The van der Waals surface area contributed by atoms with Gasteiger partial charge in [0.05, 0.1) is 0 Å². The number of carbonyl (C=O) groups is 2. The second kappa shape index (κ2) is 13.0. The maximum absolute atomic E-state index is 13.5. The van der Waals surface area contributed by atoms with Crippen LogP contribution in [-0.4, -0.2) is 35.9 Å². The van der Waals surface area contributed by atoms with Crippen LogP contribution in [0.15, 0.2) is 78.9 Å². The van der Waals surface area contributed by atoms with Crippen molar-refractivity contribution >= 4 is 35.0 Å². The Morgan fingerprint density at radius 1 is 0.941 bits per heavy atom. The summed E-state index contributed by atoms with van der Waals surface area (Å²) in [4.78, 5) is 28.3. The molecule has 0 heterocycles. The lowest BCUT2D eigenvalue weighted by atomic mass is 10.0. The van der Waals surface area contributed by atoms with Crippen LogP contribution in [0.25, 0.3) is 0 Å². The average molecular weight is 499 g/mol. The zero-order chi connectivity index (χ0) is 24.3. The number of carbonyl (C=O) groups excluding carboxylic acids is 2. The Kier molecular flexibility index (Phi) is 9.80. The molecule has 178 valence electrons. The SMILES string of the molecule is CCCNC(=O)[C@H](Cc1ccccc1)N(Cc1ccccc1Cl)C(=O)COc1ccc(Cl)cc1. The van der Waals surface area contributed by atoms with Gasteiger partial charge in [-0.2, -0.15) is 0 Å². The minimum atomic E-state index is -0.730. The predicted octanol–water partition coefficient (Wildman–Crippen LogP) is 5.54. The summed E-state index contributed by atoms with van der Waals surface area (Å²) in [6.45, 7) is 2.47. The van der Waals surface area contributed by atoms with Gasteiger partial charge in [-0.1, -0.05) is 78.7 Å². The van der Waals surface area contributed by atoms with Gasteiger partial charge in [0.1, 0.15) is 11.8 Å². The first-order chi connectivity index (χ1) is 16.5. The van der Waals surface area contributed by atoms with Crippen molar-refractivity contribution in [3.8, 4) is 5.75 Å². The van der Waals surface area contributed by atoms with E-state index in [2.05, 4.69) is 5.32 Å². The Hall–Kier alpha value is -3.02. The zero-order valence-corrected chi connectivity index (χ0v) is 20.6. The summed E-state index contributed by atoms with van der Waals surface area (Å²) in [5, 5.41) is 4.06. The Morgan fingerprint density at radius 3 is 2.29 bits per heavy atom. The number of hydrogen-bond donors (Lipinski definition) is 1. The van der Waals surface area contributed by atoms with E-state index < -0.39 is 6.04 Å². The molecule has 7 heteroatoms. The van der Waals surface area contributed by atoms with Gasteiger partial charge < -0.3 is 15.0 Å². The molecule has 0 aliphatic rings. The van der Waals surface area contributed by atoms with Crippen LogP contribution in [0.3, 0.4) is 0 Å². The van der Waals surface area contributed by atoms with E-state index in [1.807, 2.05) is 55.5 Å². The molecular formula is C27H28Cl2N2O3. The van der Waals surface area contributed by atoms with Gasteiger partial charge in [0, 0.05) is 29.6 Å². The normalized spacial score (nSPS) is 11.5. The van der Waals surface area contributed by atoms with Gasteiger partial charge >= 0.3 is 0 Å². The van der Waals surface area contributed by atoms with Gasteiger partial charge in [-0.25, -0.2) is 0 Å². The summed E-state index contributed by atoms with van der Waals surface area (Å²) in [5.74, 6) is -0.00876. The van der Waals surface area contributed by atoms with Crippen LogP contribution >= 0.6 is 23.2 Å². The molecule has 0 spiro atoms. The Balaban J connectivity index is 1.89. The number of hydrogen-bond acceptors (Lipinski definition) is 3. The number of ether oxygens (including phenoxy) is 1. The third-order valence-electron chi connectivity index (χ3n) is 5.29. The van der Waals surface area contributed by atoms with E-state index in [1.54, 1.807) is 35.2 Å². The molecule has 0 saturated heterocycles. The molecule has 0 aromatic heterocycles. The fourth-order valence-corrected chi connectivity index (χ4v) is 3.81. The highest BCUT2D eigenvalue weighted by molar-refractivity contribution is 6.31. The Bertz CT molecular complexity index is 1070. The molecule has 0 fully saturated rings. The van der Waals surface area contributed by atoms with E-state index in [0.717, 1.165) is 17.5 Å². The van der Waals surface area contributed by atoms with Crippen molar-refractivity contribution in [2.75, 3.05) is 13.2 Å². The highest BCUT2D eigenvalue weighted by Gasteiger charge is 2.31. The van der Waals surface area contributed by atoms with E-state index in [0.29, 0.717) is 28.8 Å². The van der Waals surface area contributed by atoms with Crippen molar-refractivity contribution in [1.29, 1.82) is 0 Å². The average Bonchev–Trinajstić information content (AvgIpc) is 2.85. The first kappa shape index (κ1) is 25.6. The first-order valence-electron chi connectivity index (χ1n) is 11.2. The van der Waals surface area contributed by atoms with Crippen LogP contribution in [0.1, 0.15) is 24.5 Å². The fraction of sp³-hybridized carbons (Fsp3) is 0.259. The van der Waals surface area contributed by atoms with Crippen molar-refractivity contribution in [2.45, 2.75) is 32.4 Å². The maximum Gasteiger partial charge on any atom is 0.261 e. The predicted molar refractivity (Wildman–Crippen MR) is 136 cm³/mol. The highest BCUT2D eigenvalue weighted by Crippen LogP contribution is 2.21. The van der Waals surface area contributed by atoms with Crippen molar-refractivity contribution < 1.29 is 14.3 Å². The van der Waals surface area contributed by atoms with E-state index in [1.165, 1.54) is 0 Å². The summed E-state index contributed by atoms with van der Waals surface area (Å²) < 4.78 is 5.72. The monoisotopic (exact) mass is 498 g/mol. The van der Waals surface area contributed by atoms with Crippen LogP contribution in [0.5, 0.6) is 5.75 Å². The number of nitrogens with one attached hydrogen (secondary N) is 1. The number of amides is 2. The number of benzene rings is 3. The van der Waals surface area contributed by atoms with Gasteiger partial charge in [0.2, 0.25) is 5.91 Å². The minimum absolute atomic E-state index is 0.180. The van der Waals surface area contributed by atoms with E-state index in [9.17, 15) is 9.59 Å². The highest BCUT2D eigenvalue weighted by atomic mass is 35.5. The number of nitrogens with zero attached hydrogens (tertiary/aromatic N) is 1. The van der Waals surface area contributed by atoms with Crippen LogP contribution in [-0.2, 0) is 22.6 Å². The molecule has 0 unspecified atom stereocenters. The zero-order valence-electron chi connectivity index (χ0n) is 19.0.